The number of aliphatic hydroxyl groups is 1. The normalized spacial score (nSPS) is 19.2. The van der Waals surface area contributed by atoms with Gasteiger partial charge in [0.1, 0.15) is 11.9 Å². The molecule has 1 aromatic rings. The Bertz CT molecular complexity index is 574. The number of hydrogen-bond acceptors (Lipinski definition) is 3. The van der Waals surface area contributed by atoms with Crippen molar-refractivity contribution in [3.05, 3.63) is 35.6 Å². The maximum absolute atomic E-state index is 13.0. The second-order valence-corrected chi connectivity index (χ2v) is 6.68. The van der Waals surface area contributed by atoms with Crippen LogP contribution in [-0.4, -0.2) is 47.6 Å². The molecule has 1 aliphatic heterocycles. The summed E-state index contributed by atoms with van der Waals surface area (Å²) in [5.74, 6) is -0.900. The van der Waals surface area contributed by atoms with Crippen molar-refractivity contribution in [2.75, 3.05) is 19.7 Å². The molecule has 132 valence electrons. The second kappa shape index (κ2) is 8.24. The lowest BCUT2D eigenvalue weighted by Crippen LogP contribution is -2.53. The van der Waals surface area contributed by atoms with E-state index in [2.05, 4.69) is 5.32 Å². The number of amides is 2. The molecular formula is C18H25FN2O3. The van der Waals surface area contributed by atoms with Crippen molar-refractivity contribution in [1.29, 1.82) is 0 Å². The van der Waals surface area contributed by atoms with Gasteiger partial charge in [-0.05, 0) is 48.9 Å². The molecule has 2 amide bonds. The number of hydrogen-bond donors (Lipinski definition) is 2. The van der Waals surface area contributed by atoms with E-state index in [1.165, 1.54) is 24.3 Å². The van der Waals surface area contributed by atoms with Gasteiger partial charge in [-0.1, -0.05) is 13.8 Å². The topological polar surface area (TPSA) is 69.6 Å². The van der Waals surface area contributed by atoms with Gasteiger partial charge in [-0.2, -0.15) is 0 Å². The predicted molar refractivity (Wildman–Crippen MR) is 88.9 cm³/mol. The van der Waals surface area contributed by atoms with E-state index in [-0.39, 0.29) is 24.3 Å². The lowest BCUT2D eigenvalue weighted by Gasteiger charge is -2.35. The van der Waals surface area contributed by atoms with Gasteiger partial charge in [0, 0.05) is 25.3 Å². The molecule has 2 atom stereocenters. The lowest BCUT2D eigenvalue weighted by atomic mass is 9.96. The highest BCUT2D eigenvalue weighted by molar-refractivity contribution is 5.97. The molecule has 5 nitrogen and oxygen atoms in total. The van der Waals surface area contributed by atoms with Crippen LogP contribution in [0, 0.1) is 17.7 Å². The first-order valence-electron chi connectivity index (χ1n) is 8.38. The van der Waals surface area contributed by atoms with Crippen LogP contribution in [0.3, 0.4) is 0 Å². The summed E-state index contributed by atoms with van der Waals surface area (Å²) in [6, 6.07) is 4.60. The van der Waals surface area contributed by atoms with E-state index in [4.69, 9.17) is 0 Å². The first-order chi connectivity index (χ1) is 11.4. The summed E-state index contributed by atoms with van der Waals surface area (Å²) in [7, 11) is 0. The Morgan fingerprint density at radius 1 is 1.33 bits per heavy atom. The van der Waals surface area contributed by atoms with Gasteiger partial charge in [-0.15, -0.1) is 0 Å². The highest BCUT2D eigenvalue weighted by atomic mass is 19.1. The monoisotopic (exact) mass is 336 g/mol. The molecule has 0 saturated carbocycles. The van der Waals surface area contributed by atoms with Crippen LogP contribution in [0.15, 0.2) is 24.3 Å². The van der Waals surface area contributed by atoms with Crippen molar-refractivity contribution in [2.24, 2.45) is 11.8 Å². The summed E-state index contributed by atoms with van der Waals surface area (Å²) in [5, 5.41) is 12.1. The molecule has 1 fully saturated rings. The summed E-state index contributed by atoms with van der Waals surface area (Å²) >= 11 is 0. The molecule has 2 N–H and O–H groups in total. The van der Waals surface area contributed by atoms with Gasteiger partial charge in [0.05, 0.1) is 0 Å². The van der Waals surface area contributed by atoms with E-state index >= 15 is 0 Å². The van der Waals surface area contributed by atoms with E-state index < -0.39 is 17.8 Å². The van der Waals surface area contributed by atoms with Gasteiger partial charge >= 0.3 is 0 Å². The highest BCUT2D eigenvalue weighted by Crippen LogP contribution is 2.18. The summed E-state index contributed by atoms with van der Waals surface area (Å²) in [6.45, 7) is 4.98. The maximum Gasteiger partial charge on any atom is 0.251 e. The minimum atomic E-state index is -0.639. The van der Waals surface area contributed by atoms with Crippen LogP contribution >= 0.6 is 0 Å². The van der Waals surface area contributed by atoms with E-state index in [9.17, 15) is 19.1 Å². The van der Waals surface area contributed by atoms with E-state index in [0.717, 1.165) is 12.8 Å². The first kappa shape index (κ1) is 18.4. The number of aliphatic hydroxyl groups excluding tert-OH is 1. The number of benzene rings is 1. The Labute approximate surface area is 141 Å². The summed E-state index contributed by atoms with van der Waals surface area (Å²) in [4.78, 5) is 26.8. The van der Waals surface area contributed by atoms with Gasteiger partial charge in [-0.3, -0.25) is 9.59 Å². The molecule has 1 aromatic carbocycles. The fourth-order valence-corrected chi connectivity index (χ4v) is 2.95. The van der Waals surface area contributed by atoms with Crippen molar-refractivity contribution in [1.82, 2.24) is 10.2 Å². The Balaban J connectivity index is 2.06. The van der Waals surface area contributed by atoms with Gasteiger partial charge in [0.15, 0.2) is 0 Å². The molecule has 2 unspecified atom stereocenters. The number of halogens is 1. The molecule has 0 bridgehead atoms. The van der Waals surface area contributed by atoms with Crippen LogP contribution in [0.4, 0.5) is 4.39 Å². The number of carbonyl (C=O) groups is 2. The third-order valence-corrected chi connectivity index (χ3v) is 4.41. The van der Waals surface area contributed by atoms with Crippen LogP contribution in [0.25, 0.3) is 0 Å². The number of likely N-dealkylation sites (tertiary alicyclic amines) is 1. The average molecular weight is 336 g/mol. The first-order valence-corrected chi connectivity index (χ1v) is 8.38. The third kappa shape index (κ3) is 4.54. The number of nitrogens with zero attached hydrogens (tertiary/aromatic N) is 1. The van der Waals surface area contributed by atoms with Crippen molar-refractivity contribution in [2.45, 2.75) is 32.7 Å². The van der Waals surface area contributed by atoms with Crippen LogP contribution in [0.2, 0.25) is 0 Å². The Morgan fingerprint density at radius 3 is 2.58 bits per heavy atom. The fourth-order valence-electron chi connectivity index (χ4n) is 2.95. The second-order valence-electron chi connectivity index (χ2n) is 6.68. The zero-order valence-electron chi connectivity index (χ0n) is 14.2. The molecule has 0 radical (unpaired) electrons. The van der Waals surface area contributed by atoms with Crippen LogP contribution in [0.1, 0.15) is 37.0 Å². The highest BCUT2D eigenvalue weighted by Gasteiger charge is 2.31. The quantitative estimate of drug-likeness (QED) is 0.862. The van der Waals surface area contributed by atoms with Crippen molar-refractivity contribution in [3.8, 4) is 0 Å². The summed E-state index contributed by atoms with van der Waals surface area (Å²) in [6.07, 6.45) is 1.77. The molecule has 24 heavy (non-hydrogen) atoms. The number of piperidine rings is 1. The van der Waals surface area contributed by atoms with Crippen molar-refractivity contribution in [3.63, 3.8) is 0 Å². The largest absolute Gasteiger partial charge is 0.396 e. The summed E-state index contributed by atoms with van der Waals surface area (Å²) in [5.41, 5.74) is 0.321. The Morgan fingerprint density at radius 2 is 2.00 bits per heavy atom. The molecule has 0 aromatic heterocycles. The molecule has 0 aliphatic carbocycles. The SMILES string of the molecule is CC(C)C(NC(=O)c1ccc(F)cc1)C(=O)N1CCCC(CO)C1. The zero-order valence-corrected chi connectivity index (χ0v) is 14.2. The van der Waals surface area contributed by atoms with Crippen LogP contribution in [0.5, 0.6) is 0 Å². The number of rotatable bonds is 5. The third-order valence-electron chi connectivity index (χ3n) is 4.41. The smallest absolute Gasteiger partial charge is 0.251 e. The van der Waals surface area contributed by atoms with Gasteiger partial charge in [0.2, 0.25) is 5.91 Å². The standard InChI is InChI=1S/C18H25FN2O3/c1-12(2)16(18(24)21-9-3-4-13(10-21)11-22)20-17(23)14-5-7-15(19)8-6-14/h5-8,12-13,16,22H,3-4,9-11H2,1-2H3,(H,20,23). The van der Waals surface area contributed by atoms with Gasteiger partial charge in [-0.25, -0.2) is 4.39 Å². The number of nitrogens with one attached hydrogen (secondary N) is 1. The van der Waals surface area contributed by atoms with Crippen molar-refractivity contribution >= 4 is 11.8 Å². The molecule has 1 saturated heterocycles. The van der Waals surface area contributed by atoms with Crippen LogP contribution in [-0.2, 0) is 4.79 Å². The fraction of sp³-hybridized carbons (Fsp3) is 0.556. The van der Waals surface area contributed by atoms with Crippen LogP contribution < -0.4 is 5.32 Å². The zero-order chi connectivity index (χ0) is 17.7. The Kier molecular flexibility index (Phi) is 6.31. The van der Waals surface area contributed by atoms with Crippen molar-refractivity contribution < 1.29 is 19.1 Å². The van der Waals surface area contributed by atoms with Gasteiger partial charge in [0.25, 0.3) is 5.91 Å². The maximum atomic E-state index is 13.0. The molecule has 1 aliphatic rings. The van der Waals surface area contributed by atoms with E-state index in [1.807, 2.05) is 13.8 Å². The number of carbonyl (C=O) groups excluding carboxylic acids is 2. The lowest BCUT2D eigenvalue weighted by molar-refractivity contribution is -0.136. The van der Waals surface area contributed by atoms with Gasteiger partial charge < -0.3 is 15.3 Å². The van der Waals surface area contributed by atoms with E-state index in [0.29, 0.717) is 18.7 Å². The minimum Gasteiger partial charge on any atom is -0.396 e. The predicted octanol–water partition coefficient (Wildman–Crippen LogP) is 1.81. The molecule has 2 rings (SSSR count). The van der Waals surface area contributed by atoms with E-state index in [1.54, 1.807) is 4.90 Å². The molecule has 0 spiro atoms. The molecular weight excluding hydrogens is 311 g/mol. The molecule has 1 heterocycles. The minimum absolute atomic E-state index is 0.0675. The average Bonchev–Trinajstić information content (AvgIpc) is 2.59. The Hall–Kier alpha value is -1.95. The molecule has 6 heteroatoms. The summed E-state index contributed by atoms with van der Waals surface area (Å²) < 4.78 is 13.0.